The SMILES string of the molecule is COc1cc2nc(C)nc(N[C@H](C)c3cc(N)cc(C(F)(F)F)c3)c2cc1OC1CCN(Cc2ccc(C3CCC(=O)NC3=O)cc2)CC1. The van der Waals surface area contributed by atoms with Crippen molar-refractivity contribution in [3.05, 3.63) is 82.7 Å². The van der Waals surface area contributed by atoms with Gasteiger partial charge in [-0.05, 0) is 74.1 Å². The number of fused-ring (bicyclic) bond motifs is 1. The van der Waals surface area contributed by atoms with Gasteiger partial charge in [0.2, 0.25) is 11.8 Å². The van der Waals surface area contributed by atoms with E-state index in [2.05, 4.69) is 25.5 Å². The highest BCUT2D eigenvalue weighted by molar-refractivity contribution is 6.01. The van der Waals surface area contributed by atoms with Crippen molar-refractivity contribution in [3.63, 3.8) is 0 Å². The number of ether oxygens (including phenoxy) is 2. The molecule has 0 spiro atoms. The molecule has 0 aliphatic carbocycles. The monoisotopic (exact) mass is 676 g/mol. The molecular formula is C36H39F3N6O4. The molecule has 6 rings (SSSR count). The zero-order chi connectivity index (χ0) is 34.9. The molecule has 2 saturated heterocycles. The van der Waals surface area contributed by atoms with E-state index in [9.17, 15) is 22.8 Å². The molecule has 2 aliphatic heterocycles. The number of alkyl halides is 3. The van der Waals surface area contributed by atoms with Crippen LogP contribution in [0.2, 0.25) is 0 Å². The van der Waals surface area contributed by atoms with Crippen molar-refractivity contribution in [2.24, 2.45) is 0 Å². The molecule has 3 aromatic carbocycles. The van der Waals surface area contributed by atoms with Crippen LogP contribution in [0.1, 0.15) is 72.6 Å². The van der Waals surface area contributed by atoms with E-state index in [0.717, 1.165) is 55.7 Å². The molecule has 258 valence electrons. The van der Waals surface area contributed by atoms with E-state index in [4.69, 9.17) is 15.2 Å². The molecule has 49 heavy (non-hydrogen) atoms. The Morgan fingerprint density at radius 3 is 2.43 bits per heavy atom. The maximum Gasteiger partial charge on any atom is 0.416 e. The minimum absolute atomic E-state index is 0.0244. The van der Waals surface area contributed by atoms with Gasteiger partial charge in [0.15, 0.2) is 11.5 Å². The Morgan fingerprint density at radius 2 is 1.76 bits per heavy atom. The first kappa shape index (κ1) is 34.0. The molecule has 10 nitrogen and oxygen atoms in total. The lowest BCUT2D eigenvalue weighted by molar-refractivity contribution is -0.138. The number of nitrogens with zero attached hydrogens (tertiary/aromatic N) is 3. The highest BCUT2D eigenvalue weighted by atomic mass is 19.4. The van der Waals surface area contributed by atoms with Crippen LogP contribution < -0.4 is 25.8 Å². The number of hydrogen-bond acceptors (Lipinski definition) is 9. The Labute approximate surface area is 282 Å². The van der Waals surface area contributed by atoms with Crippen LogP contribution in [0.4, 0.5) is 24.7 Å². The highest BCUT2D eigenvalue weighted by Gasteiger charge is 2.32. The number of aryl methyl sites for hydroxylation is 1. The first-order valence-corrected chi connectivity index (χ1v) is 16.3. The predicted octanol–water partition coefficient (Wildman–Crippen LogP) is 6.28. The molecule has 13 heteroatoms. The van der Waals surface area contributed by atoms with Crippen LogP contribution in [-0.4, -0.2) is 53.0 Å². The molecule has 1 aromatic heterocycles. The number of nitrogen functional groups attached to an aromatic ring is 1. The number of benzene rings is 3. The number of imide groups is 1. The first-order chi connectivity index (χ1) is 23.4. The molecule has 2 amide bonds. The van der Waals surface area contributed by atoms with Crippen LogP contribution in [0, 0.1) is 6.92 Å². The van der Waals surface area contributed by atoms with E-state index < -0.39 is 17.8 Å². The highest BCUT2D eigenvalue weighted by Crippen LogP contribution is 2.38. The lowest BCUT2D eigenvalue weighted by Crippen LogP contribution is -2.39. The maximum atomic E-state index is 13.5. The Hall–Kier alpha value is -4.91. The second-order valence-electron chi connectivity index (χ2n) is 12.7. The summed E-state index contributed by atoms with van der Waals surface area (Å²) in [5.74, 6) is 1.24. The van der Waals surface area contributed by atoms with E-state index in [1.165, 1.54) is 6.07 Å². The molecule has 4 N–H and O–H groups in total. The van der Waals surface area contributed by atoms with E-state index in [1.54, 1.807) is 27.0 Å². The van der Waals surface area contributed by atoms with Gasteiger partial charge in [0.1, 0.15) is 17.7 Å². The number of carbonyl (C=O) groups is 2. The van der Waals surface area contributed by atoms with Crippen LogP contribution >= 0.6 is 0 Å². The average Bonchev–Trinajstić information content (AvgIpc) is 3.05. The number of aromatic nitrogens is 2. The number of halogens is 3. The Bertz CT molecular complexity index is 1860. The van der Waals surface area contributed by atoms with Crippen LogP contribution in [0.25, 0.3) is 10.9 Å². The second kappa shape index (κ2) is 13.9. The van der Waals surface area contributed by atoms with E-state index in [1.807, 2.05) is 30.3 Å². The summed E-state index contributed by atoms with van der Waals surface area (Å²) < 4.78 is 52.6. The molecule has 0 bridgehead atoms. The lowest BCUT2D eigenvalue weighted by Gasteiger charge is -2.32. The third-order valence-corrected chi connectivity index (χ3v) is 9.11. The number of nitrogens with one attached hydrogen (secondary N) is 2. The fourth-order valence-corrected chi connectivity index (χ4v) is 6.48. The molecule has 4 aromatic rings. The fraction of sp³-hybridized carbons (Fsp3) is 0.389. The number of methoxy groups -OCH3 is 1. The average molecular weight is 677 g/mol. The van der Waals surface area contributed by atoms with Gasteiger partial charge in [-0.1, -0.05) is 24.3 Å². The van der Waals surface area contributed by atoms with E-state index >= 15 is 0 Å². The van der Waals surface area contributed by atoms with Crippen molar-refractivity contribution in [3.8, 4) is 11.5 Å². The number of piperidine rings is 2. The third-order valence-electron chi connectivity index (χ3n) is 9.11. The van der Waals surface area contributed by atoms with Crippen molar-refractivity contribution >= 4 is 34.2 Å². The largest absolute Gasteiger partial charge is 0.493 e. The van der Waals surface area contributed by atoms with Crippen LogP contribution in [0.5, 0.6) is 11.5 Å². The second-order valence-corrected chi connectivity index (χ2v) is 12.7. The Kier molecular flexibility index (Phi) is 9.64. The fourth-order valence-electron chi connectivity index (χ4n) is 6.48. The molecular weight excluding hydrogens is 637 g/mol. The number of anilines is 2. The van der Waals surface area contributed by atoms with Crippen molar-refractivity contribution in [1.29, 1.82) is 0 Å². The summed E-state index contributed by atoms with van der Waals surface area (Å²) in [4.78, 5) is 35.2. The normalized spacial score (nSPS) is 18.3. The van der Waals surface area contributed by atoms with E-state index in [-0.39, 0.29) is 29.5 Å². The maximum absolute atomic E-state index is 13.5. The molecule has 0 radical (unpaired) electrons. The summed E-state index contributed by atoms with van der Waals surface area (Å²) in [5, 5.41) is 6.33. The third kappa shape index (κ3) is 7.88. The summed E-state index contributed by atoms with van der Waals surface area (Å²) in [6, 6.07) is 14.6. The van der Waals surface area contributed by atoms with Gasteiger partial charge in [-0.15, -0.1) is 0 Å². The number of likely N-dealkylation sites (tertiary alicyclic amines) is 1. The van der Waals surface area contributed by atoms with Gasteiger partial charge >= 0.3 is 6.18 Å². The van der Waals surface area contributed by atoms with Gasteiger partial charge in [0.05, 0.1) is 30.1 Å². The number of hydrogen-bond donors (Lipinski definition) is 3. The summed E-state index contributed by atoms with van der Waals surface area (Å²) >= 11 is 0. The van der Waals surface area contributed by atoms with Crippen molar-refractivity contribution < 1.29 is 32.2 Å². The van der Waals surface area contributed by atoms with Gasteiger partial charge in [-0.3, -0.25) is 19.8 Å². The van der Waals surface area contributed by atoms with Gasteiger partial charge in [-0.25, -0.2) is 9.97 Å². The molecule has 1 unspecified atom stereocenters. The molecule has 3 heterocycles. The van der Waals surface area contributed by atoms with Crippen molar-refractivity contribution in [2.75, 3.05) is 31.2 Å². The minimum atomic E-state index is -4.52. The Morgan fingerprint density at radius 1 is 1.02 bits per heavy atom. The standard InChI is InChI=1S/C36H39F3N6O4/c1-20(24-14-25(36(37,38)39)16-26(40)15-24)41-34-29-17-32(31(48-3)18-30(29)42-21(2)43-34)49-27-10-12-45(13-11-27)19-22-4-6-23(7-5-22)28-8-9-33(46)44-35(28)47/h4-7,14-18,20,27-28H,8-13,19,40H2,1-3H3,(H,41,42,43)(H,44,46,47)/t20-,28?/m1/s1. The number of amides is 2. The smallest absolute Gasteiger partial charge is 0.416 e. The van der Waals surface area contributed by atoms with Gasteiger partial charge < -0.3 is 20.5 Å². The molecule has 0 saturated carbocycles. The Balaban J connectivity index is 1.13. The summed E-state index contributed by atoms with van der Waals surface area (Å²) in [6.07, 6.45) is -2.13. The van der Waals surface area contributed by atoms with Gasteiger partial charge in [-0.2, -0.15) is 13.2 Å². The lowest BCUT2D eigenvalue weighted by atomic mass is 9.90. The van der Waals surface area contributed by atoms with Crippen LogP contribution in [-0.2, 0) is 22.3 Å². The van der Waals surface area contributed by atoms with Crippen molar-refractivity contribution in [2.45, 2.75) is 70.3 Å². The molecule has 2 atom stereocenters. The molecule has 2 fully saturated rings. The van der Waals surface area contributed by atoms with Gasteiger partial charge in [0, 0.05) is 43.2 Å². The quantitative estimate of drug-likeness (QED) is 0.138. The van der Waals surface area contributed by atoms with Crippen LogP contribution in [0.15, 0.2) is 54.6 Å². The first-order valence-electron chi connectivity index (χ1n) is 16.3. The summed E-state index contributed by atoms with van der Waals surface area (Å²) in [5.41, 5.74) is 8.07. The number of nitrogens with two attached hydrogens (primary N) is 1. The number of carbonyl (C=O) groups excluding carboxylic acids is 2. The van der Waals surface area contributed by atoms with Crippen molar-refractivity contribution in [1.82, 2.24) is 20.2 Å². The minimum Gasteiger partial charge on any atom is -0.493 e. The van der Waals surface area contributed by atoms with Gasteiger partial charge in [0.25, 0.3) is 0 Å². The van der Waals surface area contributed by atoms with E-state index in [0.29, 0.717) is 52.4 Å². The zero-order valence-corrected chi connectivity index (χ0v) is 27.6. The number of rotatable bonds is 9. The topological polar surface area (TPSA) is 132 Å². The van der Waals surface area contributed by atoms with Crippen LogP contribution in [0.3, 0.4) is 0 Å². The summed E-state index contributed by atoms with van der Waals surface area (Å²) in [6.45, 7) is 5.90. The molecule has 2 aliphatic rings. The summed E-state index contributed by atoms with van der Waals surface area (Å²) in [7, 11) is 1.56. The predicted molar refractivity (Wildman–Crippen MR) is 179 cm³/mol. The zero-order valence-electron chi connectivity index (χ0n) is 27.6.